The van der Waals surface area contributed by atoms with E-state index in [1.165, 1.54) is 11.1 Å². The van der Waals surface area contributed by atoms with Crippen LogP contribution < -0.4 is 52.5 Å². The van der Waals surface area contributed by atoms with Gasteiger partial charge in [0.2, 0.25) is 0 Å². The maximum absolute atomic E-state index is 11.9. The minimum atomic E-state index is -0.268. The molecule has 4 rings (SSSR count). The van der Waals surface area contributed by atoms with Crippen molar-refractivity contribution in [1.29, 1.82) is 0 Å². The van der Waals surface area contributed by atoms with E-state index in [1.54, 1.807) is 14.1 Å². The Morgan fingerprint density at radius 1 is 1.43 bits per heavy atom. The van der Waals surface area contributed by atoms with E-state index in [1.807, 2.05) is 28.6 Å². The molecule has 9 nitrogen and oxygen atoms in total. The average molecular weight is 621 g/mol. The van der Waals surface area contributed by atoms with Gasteiger partial charge in [0.15, 0.2) is 25.8 Å². The third-order valence-electron chi connectivity index (χ3n) is 5.55. The van der Waals surface area contributed by atoms with E-state index < -0.39 is 0 Å². The Hall–Kier alpha value is -0.670. The highest BCUT2D eigenvalue weighted by molar-refractivity contribution is 5.72. The zero-order chi connectivity index (χ0) is 18.7. The number of nitrogens with zero attached hydrogens (tertiary/aromatic N) is 5. The van der Waals surface area contributed by atoms with E-state index in [4.69, 9.17) is 14.7 Å². The number of aromatic nitrogens is 2. The summed E-state index contributed by atoms with van der Waals surface area (Å²) in [6, 6.07) is 0. The molecule has 3 fully saturated rings. The van der Waals surface area contributed by atoms with Crippen molar-refractivity contribution in [2.45, 2.75) is 25.7 Å². The Kier molecular flexibility index (Phi) is 9.89. The highest BCUT2D eigenvalue weighted by Gasteiger charge is 2.48. The number of halogens is 2. The van der Waals surface area contributed by atoms with E-state index in [9.17, 15) is 4.79 Å². The molecule has 0 saturated carbocycles. The maximum atomic E-state index is 11.9. The molecule has 28 heavy (non-hydrogen) atoms. The number of fused-ring (bicyclic) bond motifs is 3. The summed E-state index contributed by atoms with van der Waals surface area (Å²) < 4.78 is 16.3. The van der Waals surface area contributed by atoms with Crippen molar-refractivity contribution >= 4 is 12.3 Å². The van der Waals surface area contributed by atoms with Crippen LogP contribution in [-0.2, 0) is 23.3 Å². The molecule has 3 saturated heterocycles. The fraction of sp³-hybridized carbons (Fsp3) is 0.706. The van der Waals surface area contributed by atoms with Crippen molar-refractivity contribution < 1.29 is 76.5 Å². The lowest BCUT2D eigenvalue weighted by Gasteiger charge is -2.51. The molecule has 11 heteroatoms. The molecule has 2 bridgehead atoms. The molecule has 3 aliphatic heterocycles. The van der Waals surface area contributed by atoms with E-state index in [2.05, 4.69) is 5.16 Å². The smallest absolute Gasteiger partial charge is 0.409 e. The number of carbonyl (C=O) groups excluding carboxylic acids is 1. The van der Waals surface area contributed by atoms with Gasteiger partial charge in [-0.2, -0.15) is 0 Å². The number of imidazole rings is 1. The van der Waals surface area contributed by atoms with Gasteiger partial charge in [0, 0.05) is 32.9 Å². The number of carbonyl (C=O) groups is 1. The molecule has 1 amide bonds. The van der Waals surface area contributed by atoms with Crippen LogP contribution in [0.15, 0.2) is 17.5 Å². The standard InChI is InChI=1S/C17H28N5O4.2HI/c1-19(2)17(23)26-15-11-22(8-4-14(15)5-9-22)13-25-12-21-7-6-20(3)16(21)10-18-24;;/h6-7,10,14-15H,4-5,8-9,11-13H2,1-3H3;2*1H/q+1;;/p-1. The van der Waals surface area contributed by atoms with E-state index in [0.717, 1.165) is 42.8 Å². The van der Waals surface area contributed by atoms with E-state index >= 15 is 0 Å². The van der Waals surface area contributed by atoms with Crippen LogP contribution in [-0.4, -0.2) is 78.0 Å². The Morgan fingerprint density at radius 3 is 2.71 bits per heavy atom. The molecule has 0 spiro atoms. The Balaban J connectivity index is 0.00000196. The van der Waals surface area contributed by atoms with Crippen LogP contribution in [0.3, 0.4) is 0 Å². The van der Waals surface area contributed by atoms with Gasteiger partial charge in [-0.1, -0.05) is 5.16 Å². The number of hydrogen-bond donors (Lipinski definition) is 1. The minimum absolute atomic E-state index is 0. The zero-order valence-electron chi connectivity index (χ0n) is 16.5. The highest BCUT2D eigenvalue weighted by atomic mass is 127. The van der Waals surface area contributed by atoms with Crippen molar-refractivity contribution in [2.75, 3.05) is 40.5 Å². The van der Waals surface area contributed by atoms with Crippen LogP contribution in [0.4, 0.5) is 4.79 Å². The molecule has 1 aromatic rings. The topological polar surface area (TPSA) is 80.2 Å². The van der Waals surface area contributed by atoms with Crippen molar-refractivity contribution in [3.63, 3.8) is 0 Å². The molecule has 3 aliphatic rings. The third kappa shape index (κ3) is 5.69. The Bertz CT molecular complexity index is 675. The van der Waals surface area contributed by atoms with Crippen LogP contribution in [0.1, 0.15) is 18.7 Å². The molecule has 4 heterocycles. The maximum Gasteiger partial charge on any atom is 0.409 e. The first-order valence-electron chi connectivity index (χ1n) is 8.97. The molecule has 1 atom stereocenters. The second-order valence-electron chi connectivity index (χ2n) is 7.57. The molecule has 1 N–H and O–H groups in total. The number of quaternary nitrogens is 1. The Morgan fingerprint density at radius 2 is 2.11 bits per heavy atom. The third-order valence-corrected chi connectivity index (χ3v) is 5.55. The minimum Gasteiger partial charge on any atom is -1.00 e. The number of hydrogen-bond acceptors (Lipinski definition) is 5. The highest BCUT2D eigenvalue weighted by Crippen LogP contribution is 2.35. The average Bonchev–Trinajstić information content (AvgIpc) is 2.96. The van der Waals surface area contributed by atoms with Gasteiger partial charge in [0.05, 0.1) is 20.1 Å². The molecular formula is C17H29I2N5O4. The van der Waals surface area contributed by atoms with Crippen LogP contribution in [0.5, 0.6) is 0 Å². The van der Waals surface area contributed by atoms with Gasteiger partial charge in [0.25, 0.3) is 0 Å². The quantitative estimate of drug-likeness (QED) is 0.0860. The summed E-state index contributed by atoms with van der Waals surface area (Å²) in [6.45, 7) is 3.90. The van der Waals surface area contributed by atoms with Gasteiger partial charge in [-0.15, -0.1) is 0 Å². The summed E-state index contributed by atoms with van der Waals surface area (Å²) in [5.41, 5.74) is 0. The molecule has 1 unspecified atom stereocenters. The van der Waals surface area contributed by atoms with Gasteiger partial charge in [-0.25, -0.2) is 13.9 Å². The second kappa shape index (κ2) is 10.9. The molecule has 0 aliphatic carbocycles. The van der Waals surface area contributed by atoms with Gasteiger partial charge >= 0.3 is 11.9 Å². The van der Waals surface area contributed by atoms with Crippen molar-refractivity contribution in [3.05, 3.63) is 18.2 Å². The largest absolute Gasteiger partial charge is 1.00 e. The fourth-order valence-electron chi connectivity index (χ4n) is 3.97. The molecular weight excluding hydrogens is 592 g/mol. The summed E-state index contributed by atoms with van der Waals surface area (Å²) in [5, 5.41) is 11.9. The lowest BCUT2D eigenvalue weighted by atomic mass is 9.84. The second-order valence-corrected chi connectivity index (χ2v) is 7.57. The van der Waals surface area contributed by atoms with Gasteiger partial charge in [-0.3, -0.25) is 9.22 Å². The normalized spacial score (nSPS) is 25.8. The monoisotopic (exact) mass is 621 g/mol. The van der Waals surface area contributed by atoms with Crippen LogP contribution in [0.2, 0.25) is 0 Å². The van der Waals surface area contributed by atoms with E-state index in [0.29, 0.717) is 19.4 Å². The van der Waals surface area contributed by atoms with Crippen LogP contribution in [0.25, 0.3) is 0 Å². The molecule has 0 radical (unpaired) electrons. The van der Waals surface area contributed by atoms with Crippen molar-refractivity contribution in [2.24, 2.45) is 18.1 Å². The number of piperidine rings is 3. The van der Waals surface area contributed by atoms with Crippen LogP contribution in [0, 0.1) is 5.92 Å². The lowest BCUT2D eigenvalue weighted by molar-refractivity contribution is -0.963. The molecule has 160 valence electrons. The number of oxime groups is 1. The lowest BCUT2D eigenvalue weighted by Crippen LogP contribution is -3.00. The van der Waals surface area contributed by atoms with Crippen molar-refractivity contribution in [3.8, 4) is 0 Å². The first-order valence-corrected chi connectivity index (χ1v) is 8.97. The van der Waals surface area contributed by atoms with Crippen LogP contribution >= 0.6 is 0 Å². The predicted octanol–water partition coefficient (Wildman–Crippen LogP) is -5.63. The summed E-state index contributed by atoms with van der Waals surface area (Å²) in [5.74, 6) is 1.22. The van der Waals surface area contributed by atoms with Crippen molar-refractivity contribution in [1.82, 2.24) is 9.47 Å². The zero-order valence-corrected chi connectivity index (χ0v) is 20.8. The summed E-state index contributed by atoms with van der Waals surface area (Å²) in [6.07, 6.45) is 7.00. The summed E-state index contributed by atoms with van der Waals surface area (Å²) in [4.78, 5) is 13.4. The SMILES string of the molecule is CN(C)C(=O)OC1C[N+]2(COCn3cc[n+](C)c3C=NO)CCC1CC2.[I-].[I-]. The number of rotatable bonds is 6. The first kappa shape index (κ1) is 25.4. The Labute approximate surface area is 199 Å². The van der Waals surface area contributed by atoms with Gasteiger partial charge in [0.1, 0.15) is 18.9 Å². The fourth-order valence-corrected chi connectivity index (χ4v) is 3.97. The van der Waals surface area contributed by atoms with Gasteiger partial charge < -0.3 is 62.8 Å². The van der Waals surface area contributed by atoms with Gasteiger partial charge in [-0.05, 0) is 0 Å². The predicted molar refractivity (Wildman–Crippen MR) is 92.5 cm³/mol. The molecule has 0 aromatic carbocycles. The van der Waals surface area contributed by atoms with E-state index in [-0.39, 0.29) is 60.2 Å². The summed E-state index contributed by atoms with van der Waals surface area (Å²) >= 11 is 0. The first-order chi connectivity index (χ1) is 12.4. The number of amides is 1. The molecule has 1 aromatic heterocycles. The number of aryl methyl sites for hydroxylation is 1. The number of ether oxygens (including phenoxy) is 2. The summed E-state index contributed by atoms with van der Waals surface area (Å²) in [7, 11) is 5.30.